The van der Waals surface area contributed by atoms with Gasteiger partial charge in [-0.05, 0) is 42.7 Å². The van der Waals surface area contributed by atoms with Gasteiger partial charge < -0.3 is 14.2 Å². The van der Waals surface area contributed by atoms with Crippen LogP contribution >= 0.6 is 0 Å². The molecule has 1 atom stereocenters. The zero-order valence-electron chi connectivity index (χ0n) is 19.8. The van der Waals surface area contributed by atoms with Crippen molar-refractivity contribution in [2.24, 2.45) is 0 Å². The molecule has 1 unspecified atom stereocenters. The molecule has 3 nitrogen and oxygen atoms in total. The molecular weight excluding hydrogens is 372 g/mol. The molecule has 0 radical (unpaired) electrons. The predicted octanol–water partition coefficient (Wildman–Crippen LogP) is 7.95. The van der Waals surface area contributed by atoms with Crippen molar-refractivity contribution in [1.29, 1.82) is 0 Å². The summed E-state index contributed by atoms with van der Waals surface area (Å²) in [6.45, 7) is 11.3. The summed E-state index contributed by atoms with van der Waals surface area (Å²) in [5.41, 5.74) is 3.34. The minimum absolute atomic E-state index is 0.153. The van der Waals surface area contributed by atoms with Gasteiger partial charge in [0, 0.05) is 11.5 Å². The van der Waals surface area contributed by atoms with E-state index < -0.39 is 0 Å². The van der Waals surface area contributed by atoms with E-state index in [1.165, 1.54) is 50.5 Å². The molecule has 3 heteroatoms. The molecule has 168 valence electrons. The SMILES string of the molecule is C=C(OC)/C(=C(C)\C=C\OC)C(C)c1ccc(OCCCCCCCCCC)cc1. The first kappa shape index (κ1) is 25.9. The van der Waals surface area contributed by atoms with Gasteiger partial charge in [-0.1, -0.05) is 77.5 Å². The average molecular weight is 415 g/mol. The first-order valence-electron chi connectivity index (χ1n) is 11.4. The third-order valence-corrected chi connectivity index (χ3v) is 5.51. The quantitative estimate of drug-likeness (QED) is 0.156. The van der Waals surface area contributed by atoms with E-state index in [2.05, 4.69) is 44.7 Å². The minimum atomic E-state index is 0.153. The first-order valence-corrected chi connectivity index (χ1v) is 11.4. The van der Waals surface area contributed by atoms with Crippen molar-refractivity contribution in [1.82, 2.24) is 0 Å². The van der Waals surface area contributed by atoms with Crippen molar-refractivity contribution in [3.8, 4) is 5.75 Å². The van der Waals surface area contributed by atoms with Crippen LogP contribution in [0.1, 0.15) is 83.6 Å². The maximum atomic E-state index is 5.93. The Hall–Kier alpha value is -2.16. The van der Waals surface area contributed by atoms with Gasteiger partial charge in [-0.15, -0.1) is 0 Å². The molecule has 0 aliphatic rings. The van der Waals surface area contributed by atoms with Gasteiger partial charge in [0.05, 0.1) is 27.1 Å². The molecule has 0 aliphatic heterocycles. The van der Waals surface area contributed by atoms with Gasteiger partial charge in [0.2, 0.25) is 0 Å². The molecule has 1 aromatic carbocycles. The van der Waals surface area contributed by atoms with Crippen molar-refractivity contribution >= 4 is 0 Å². The Kier molecular flexibility index (Phi) is 13.5. The van der Waals surface area contributed by atoms with Crippen LogP contribution in [-0.2, 0) is 9.47 Å². The third-order valence-electron chi connectivity index (χ3n) is 5.51. The van der Waals surface area contributed by atoms with Crippen LogP contribution in [0.4, 0.5) is 0 Å². The van der Waals surface area contributed by atoms with E-state index in [9.17, 15) is 0 Å². The molecule has 1 rings (SSSR count). The van der Waals surface area contributed by atoms with Crippen LogP contribution in [0.15, 0.2) is 60.1 Å². The molecule has 0 amide bonds. The van der Waals surface area contributed by atoms with Gasteiger partial charge in [-0.25, -0.2) is 0 Å². The maximum absolute atomic E-state index is 5.93. The molecule has 0 fully saturated rings. The van der Waals surface area contributed by atoms with Gasteiger partial charge in [-0.2, -0.15) is 0 Å². The second-order valence-electron chi connectivity index (χ2n) is 7.88. The second-order valence-corrected chi connectivity index (χ2v) is 7.88. The zero-order chi connectivity index (χ0) is 22.2. The number of unbranched alkanes of at least 4 members (excludes halogenated alkanes) is 7. The Morgan fingerprint density at radius 2 is 1.57 bits per heavy atom. The van der Waals surface area contributed by atoms with E-state index in [1.807, 2.05) is 13.0 Å². The standard InChI is InChI=1S/C27H42O3/c1-7-8-9-10-11-12-13-14-20-30-26-17-15-25(16-18-26)23(3)27(24(4)29-6)22(2)19-21-28-5/h15-19,21,23H,4,7-14,20H2,1-3,5-6H3/b21-19+,27-22-. The molecule has 0 saturated heterocycles. The van der Waals surface area contributed by atoms with E-state index >= 15 is 0 Å². The molecule has 0 saturated carbocycles. The Labute approximate surface area is 184 Å². The highest BCUT2D eigenvalue weighted by Crippen LogP contribution is 2.32. The largest absolute Gasteiger partial charge is 0.504 e. The highest BCUT2D eigenvalue weighted by atomic mass is 16.5. The van der Waals surface area contributed by atoms with Crippen molar-refractivity contribution in [2.75, 3.05) is 20.8 Å². The minimum Gasteiger partial charge on any atom is -0.504 e. The Morgan fingerprint density at radius 1 is 0.967 bits per heavy atom. The number of hydrogen-bond acceptors (Lipinski definition) is 3. The Morgan fingerprint density at radius 3 is 2.13 bits per heavy atom. The number of methoxy groups -OCH3 is 2. The average Bonchev–Trinajstić information content (AvgIpc) is 2.76. The summed E-state index contributed by atoms with van der Waals surface area (Å²) in [5, 5.41) is 0. The molecule has 0 bridgehead atoms. The molecule has 0 heterocycles. The topological polar surface area (TPSA) is 27.7 Å². The summed E-state index contributed by atoms with van der Waals surface area (Å²) in [7, 11) is 3.30. The van der Waals surface area contributed by atoms with Crippen molar-refractivity contribution in [2.45, 2.75) is 78.1 Å². The van der Waals surface area contributed by atoms with Crippen molar-refractivity contribution in [3.63, 3.8) is 0 Å². The fourth-order valence-electron chi connectivity index (χ4n) is 3.62. The summed E-state index contributed by atoms with van der Waals surface area (Å²) < 4.78 is 16.4. The molecule has 0 N–H and O–H groups in total. The number of allylic oxidation sites excluding steroid dienone is 3. The van der Waals surface area contributed by atoms with E-state index in [-0.39, 0.29) is 5.92 Å². The second kappa shape index (κ2) is 15.6. The van der Waals surface area contributed by atoms with Crippen molar-refractivity contribution in [3.05, 3.63) is 65.7 Å². The van der Waals surface area contributed by atoms with Gasteiger partial charge in [0.1, 0.15) is 11.5 Å². The highest BCUT2D eigenvalue weighted by Gasteiger charge is 2.17. The van der Waals surface area contributed by atoms with Gasteiger partial charge in [-0.3, -0.25) is 0 Å². The van der Waals surface area contributed by atoms with Crippen LogP contribution in [0.3, 0.4) is 0 Å². The van der Waals surface area contributed by atoms with E-state index in [0.29, 0.717) is 5.76 Å². The molecule has 1 aromatic rings. The summed E-state index contributed by atoms with van der Waals surface area (Å²) in [5.74, 6) is 1.76. The smallest absolute Gasteiger partial charge is 0.119 e. The lowest BCUT2D eigenvalue weighted by Gasteiger charge is -2.20. The van der Waals surface area contributed by atoms with Crippen LogP contribution in [0.25, 0.3) is 0 Å². The van der Waals surface area contributed by atoms with E-state index in [0.717, 1.165) is 29.9 Å². The third kappa shape index (κ3) is 9.56. The van der Waals surface area contributed by atoms with Crippen LogP contribution < -0.4 is 4.74 Å². The lowest BCUT2D eigenvalue weighted by Crippen LogP contribution is -2.05. The Balaban J connectivity index is 2.55. The fraction of sp³-hybridized carbons (Fsp3) is 0.556. The van der Waals surface area contributed by atoms with Gasteiger partial charge in [0.15, 0.2) is 0 Å². The number of hydrogen-bond donors (Lipinski definition) is 0. The normalized spacial score (nSPS) is 13.1. The molecule has 0 spiro atoms. The van der Waals surface area contributed by atoms with Crippen molar-refractivity contribution < 1.29 is 14.2 Å². The van der Waals surface area contributed by atoms with Gasteiger partial charge >= 0.3 is 0 Å². The highest BCUT2D eigenvalue weighted by molar-refractivity contribution is 5.44. The summed E-state index contributed by atoms with van der Waals surface area (Å²) in [4.78, 5) is 0. The molecule has 0 aliphatic carbocycles. The first-order chi connectivity index (χ1) is 14.5. The molecule has 0 aromatic heterocycles. The summed E-state index contributed by atoms with van der Waals surface area (Å²) in [6.07, 6.45) is 14.1. The monoisotopic (exact) mass is 414 g/mol. The van der Waals surface area contributed by atoms with Crippen LogP contribution in [-0.4, -0.2) is 20.8 Å². The van der Waals surface area contributed by atoms with E-state index in [1.54, 1.807) is 20.5 Å². The molecular formula is C27H42O3. The summed E-state index contributed by atoms with van der Waals surface area (Å²) >= 11 is 0. The fourth-order valence-corrected chi connectivity index (χ4v) is 3.62. The summed E-state index contributed by atoms with van der Waals surface area (Å²) in [6, 6.07) is 8.38. The predicted molar refractivity (Wildman–Crippen MR) is 128 cm³/mol. The van der Waals surface area contributed by atoms with E-state index in [4.69, 9.17) is 14.2 Å². The van der Waals surface area contributed by atoms with Gasteiger partial charge in [0.25, 0.3) is 0 Å². The Bertz CT molecular complexity index is 655. The number of benzene rings is 1. The number of rotatable bonds is 16. The molecule has 30 heavy (non-hydrogen) atoms. The maximum Gasteiger partial charge on any atom is 0.119 e. The zero-order valence-corrected chi connectivity index (χ0v) is 19.8. The number of ether oxygens (including phenoxy) is 3. The van der Waals surface area contributed by atoms with Crippen LogP contribution in [0.5, 0.6) is 5.75 Å². The van der Waals surface area contributed by atoms with Crippen LogP contribution in [0, 0.1) is 0 Å². The lowest BCUT2D eigenvalue weighted by atomic mass is 9.88. The van der Waals surface area contributed by atoms with Crippen LogP contribution in [0.2, 0.25) is 0 Å². The lowest BCUT2D eigenvalue weighted by molar-refractivity contribution is 0.298.